The summed E-state index contributed by atoms with van der Waals surface area (Å²) >= 11 is 3.07. The Labute approximate surface area is 108 Å². The molecule has 2 aromatic heterocycles. The molecule has 90 valence electrons. The molecule has 0 saturated heterocycles. The van der Waals surface area contributed by atoms with Gasteiger partial charge in [-0.2, -0.15) is 0 Å². The standard InChI is InChI=1S/C12H14N2OS2/c1-7(10-4-3-5-16-10)14-12(15)11-6-9(13)8(2)17-11/h3-7H,13H2,1-2H3,(H,14,15). The van der Waals surface area contributed by atoms with Gasteiger partial charge in [0.05, 0.1) is 10.9 Å². The quantitative estimate of drug-likeness (QED) is 0.896. The van der Waals surface area contributed by atoms with Gasteiger partial charge < -0.3 is 11.1 Å². The number of aryl methyl sites for hydroxylation is 1. The Bertz CT molecular complexity index is 497. The molecule has 0 radical (unpaired) electrons. The van der Waals surface area contributed by atoms with E-state index in [1.807, 2.05) is 31.4 Å². The van der Waals surface area contributed by atoms with E-state index in [-0.39, 0.29) is 11.9 Å². The first-order valence-electron chi connectivity index (χ1n) is 5.28. The minimum absolute atomic E-state index is 0.0335. The maximum atomic E-state index is 12.0. The molecule has 2 rings (SSSR count). The van der Waals surface area contributed by atoms with Crippen LogP contribution in [0, 0.1) is 6.92 Å². The van der Waals surface area contributed by atoms with Crippen molar-refractivity contribution in [1.29, 1.82) is 0 Å². The third-order valence-electron chi connectivity index (χ3n) is 2.50. The molecule has 0 fully saturated rings. The zero-order valence-corrected chi connectivity index (χ0v) is 11.3. The molecule has 3 nitrogen and oxygen atoms in total. The molecule has 1 atom stereocenters. The van der Waals surface area contributed by atoms with Crippen LogP contribution in [0.15, 0.2) is 23.6 Å². The van der Waals surface area contributed by atoms with Crippen molar-refractivity contribution in [2.24, 2.45) is 0 Å². The summed E-state index contributed by atoms with van der Waals surface area (Å²) in [6, 6.07) is 5.77. The van der Waals surface area contributed by atoms with E-state index in [1.54, 1.807) is 17.4 Å². The summed E-state index contributed by atoms with van der Waals surface area (Å²) in [7, 11) is 0. The predicted octanol–water partition coefficient (Wildman–Crippen LogP) is 3.19. The molecule has 2 heterocycles. The van der Waals surface area contributed by atoms with Crippen LogP contribution in [0.3, 0.4) is 0 Å². The van der Waals surface area contributed by atoms with Crippen molar-refractivity contribution in [1.82, 2.24) is 5.32 Å². The van der Waals surface area contributed by atoms with Crippen molar-refractivity contribution in [2.75, 3.05) is 5.73 Å². The fraction of sp³-hybridized carbons (Fsp3) is 0.250. The van der Waals surface area contributed by atoms with Crippen LogP contribution in [0.4, 0.5) is 5.69 Å². The van der Waals surface area contributed by atoms with Crippen LogP contribution < -0.4 is 11.1 Å². The summed E-state index contributed by atoms with van der Waals surface area (Å²) in [4.78, 5) is 14.8. The summed E-state index contributed by atoms with van der Waals surface area (Å²) < 4.78 is 0. The lowest BCUT2D eigenvalue weighted by Gasteiger charge is -2.10. The van der Waals surface area contributed by atoms with Gasteiger partial charge in [-0.1, -0.05) is 6.07 Å². The van der Waals surface area contributed by atoms with Crippen LogP contribution in [0.5, 0.6) is 0 Å². The van der Waals surface area contributed by atoms with E-state index in [4.69, 9.17) is 5.73 Å². The molecule has 0 aliphatic carbocycles. The van der Waals surface area contributed by atoms with Crippen LogP contribution in [0.25, 0.3) is 0 Å². The highest BCUT2D eigenvalue weighted by Gasteiger charge is 2.14. The number of amides is 1. The monoisotopic (exact) mass is 266 g/mol. The van der Waals surface area contributed by atoms with Gasteiger partial charge in [0, 0.05) is 15.4 Å². The number of nitrogens with one attached hydrogen (secondary N) is 1. The maximum absolute atomic E-state index is 12.0. The van der Waals surface area contributed by atoms with E-state index in [1.165, 1.54) is 11.3 Å². The second-order valence-corrected chi connectivity index (χ2v) is 6.07. The van der Waals surface area contributed by atoms with Crippen LogP contribution >= 0.6 is 22.7 Å². The summed E-state index contributed by atoms with van der Waals surface area (Å²) in [5.41, 5.74) is 6.42. The summed E-state index contributed by atoms with van der Waals surface area (Å²) in [5, 5.41) is 4.97. The third kappa shape index (κ3) is 2.68. The Morgan fingerprint density at radius 1 is 1.53 bits per heavy atom. The smallest absolute Gasteiger partial charge is 0.261 e. The van der Waals surface area contributed by atoms with Crippen molar-refractivity contribution in [2.45, 2.75) is 19.9 Å². The van der Waals surface area contributed by atoms with Crippen molar-refractivity contribution in [3.05, 3.63) is 38.2 Å². The summed E-state index contributed by atoms with van der Waals surface area (Å²) in [6.07, 6.45) is 0. The fourth-order valence-electron chi connectivity index (χ4n) is 1.48. The predicted molar refractivity (Wildman–Crippen MR) is 73.7 cm³/mol. The van der Waals surface area contributed by atoms with Crippen LogP contribution in [-0.2, 0) is 0 Å². The van der Waals surface area contributed by atoms with E-state index in [2.05, 4.69) is 5.32 Å². The first kappa shape index (κ1) is 12.1. The van der Waals surface area contributed by atoms with Crippen LogP contribution in [0.1, 0.15) is 32.4 Å². The number of carbonyl (C=O) groups excluding carboxylic acids is 1. The van der Waals surface area contributed by atoms with E-state index in [0.29, 0.717) is 10.6 Å². The van der Waals surface area contributed by atoms with Gasteiger partial charge in [0.1, 0.15) is 0 Å². The second kappa shape index (κ2) is 4.89. The minimum atomic E-state index is -0.0595. The Balaban J connectivity index is 2.07. The van der Waals surface area contributed by atoms with Crippen molar-refractivity contribution in [3.63, 3.8) is 0 Å². The van der Waals surface area contributed by atoms with E-state index in [9.17, 15) is 4.79 Å². The number of carbonyl (C=O) groups is 1. The number of hydrogen-bond acceptors (Lipinski definition) is 4. The van der Waals surface area contributed by atoms with Gasteiger partial charge in [0.15, 0.2) is 0 Å². The molecular formula is C12H14N2OS2. The van der Waals surface area contributed by atoms with E-state index < -0.39 is 0 Å². The average molecular weight is 266 g/mol. The normalized spacial score (nSPS) is 12.4. The molecule has 0 spiro atoms. The lowest BCUT2D eigenvalue weighted by Crippen LogP contribution is -2.25. The number of thiophene rings is 2. The third-order valence-corrected chi connectivity index (χ3v) is 4.62. The first-order chi connectivity index (χ1) is 8.08. The molecule has 0 aliphatic rings. The molecule has 0 aromatic carbocycles. The van der Waals surface area contributed by atoms with Crippen molar-refractivity contribution in [3.8, 4) is 0 Å². The molecule has 1 amide bonds. The van der Waals surface area contributed by atoms with Gasteiger partial charge in [-0.15, -0.1) is 22.7 Å². The molecular weight excluding hydrogens is 252 g/mol. The minimum Gasteiger partial charge on any atom is -0.398 e. The molecule has 5 heteroatoms. The average Bonchev–Trinajstić information content (AvgIpc) is 2.89. The summed E-state index contributed by atoms with van der Waals surface area (Å²) in [6.45, 7) is 3.90. The number of nitrogen functional groups attached to an aromatic ring is 1. The Hall–Kier alpha value is -1.33. The van der Waals surface area contributed by atoms with Gasteiger partial charge in [0.25, 0.3) is 5.91 Å². The van der Waals surface area contributed by atoms with Gasteiger partial charge >= 0.3 is 0 Å². The highest BCUT2D eigenvalue weighted by molar-refractivity contribution is 7.14. The topological polar surface area (TPSA) is 55.1 Å². The molecule has 3 N–H and O–H groups in total. The van der Waals surface area contributed by atoms with Gasteiger partial charge in [0.2, 0.25) is 0 Å². The zero-order chi connectivity index (χ0) is 12.4. The number of rotatable bonds is 3. The SMILES string of the molecule is Cc1sc(C(=O)NC(C)c2cccs2)cc1N. The van der Waals surface area contributed by atoms with E-state index >= 15 is 0 Å². The van der Waals surface area contributed by atoms with Crippen LogP contribution in [0.2, 0.25) is 0 Å². The highest BCUT2D eigenvalue weighted by atomic mass is 32.1. The maximum Gasteiger partial charge on any atom is 0.261 e. The Morgan fingerprint density at radius 3 is 2.82 bits per heavy atom. The lowest BCUT2D eigenvalue weighted by atomic mass is 10.2. The van der Waals surface area contributed by atoms with Crippen molar-refractivity contribution < 1.29 is 4.79 Å². The fourth-order valence-corrected chi connectivity index (χ4v) is 3.06. The number of hydrogen-bond donors (Lipinski definition) is 2. The first-order valence-corrected chi connectivity index (χ1v) is 6.97. The van der Waals surface area contributed by atoms with Gasteiger partial charge in [-0.05, 0) is 31.4 Å². The molecule has 0 bridgehead atoms. The molecule has 17 heavy (non-hydrogen) atoms. The van der Waals surface area contributed by atoms with Gasteiger partial charge in [-0.25, -0.2) is 0 Å². The molecule has 2 aromatic rings. The lowest BCUT2D eigenvalue weighted by molar-refractivity contribution is 0.0944. The molecule has 0 aliphatic heterocycles. The Morgan fingerprint density at radius 2 is 2.29 bits per heavy atom. The van der Waals surface area contributed by atoms with E-state index in [0.717, 1.165) is 9.75 Å². The largest absolute Gasteiger partial charge is 0.398 e. The highest BCUT2D eigenvalue weighted by Crippen LogP contribution is 2.24. The Kier molecular flexibility index (Phi) is 3.49. The van der Waals surface area contributed by atoms with Crippen LogP contribution in [-0.4, -0.2) is 5.91 Å². The summed E-state index contributed by atoms with van der Waals surface area (Å²) in [5.74, 6) is -0.0595. The molecule has 1 unspecified atom stereocenters. The number of anilines is 1. The van der Waals surface area contributed by atoms with Crippen molar-refractivity contribution >= 4 is 34.3 Å². The second-order valence-electron chi connectivity index (χ2n) is 3.83. The zero-order valence-electron chi connectivity index (χ0n) is 9.69. The van der Waals surface area contributed by atoms with Gasteiger partial charge in [-0.3, -0.25) is 4.79 Å². The molecule has 0 saturated carbocycles. The number of nitrogens with two attached hydrogens (primary N) is 1.